The number of hydrogen-bond donors (Lipinski definition) is 2. The molecule has 4 aromatic rings. The van der Waals surface area contributed by atoms with Crippen molar-refractivity contribution < 1.29 is 33.7 Å². The lowest BCUT2D eigenvalue weighted by Gasteiger charge is -2.11. The maximum Gasteiger partial charge on any atom is 0.307 e. The van der Waals surface area contributed by atoms with E-state index < -0.39 is 17.8 Å². The summed E-state index contributed by atoms with van der Waals surface area (Å²) in [5.41, 5.74) is 4.16. The van der Waals surface area contributed by atoms with Gasteiger partial charge in [0, 0.05) is 30.1 Å². The normalized spacial score (nSPS) is 11.3. The number of unbranched alkanes of at least 4 members (excludes halogenated alkanes) is 1. The molecule has 4 rings (SSSR count). The summed E-state index contributed by atoms with van der Waals surface area (Å²) in [6, 6.07) is 16.4. The second-order valence-electron chi connectivity index (χ2n) is 9.97. The molecule has 0 radical (unpaired) electrons. The number of rotatable bonds is 15. The average Bonchev–Trinajstić information content (AvgIpc) is 3.30. The van der Waals surface area contributed by atoms with Crippen molar-refractivity contribution in [2.45, 2.75) is 45.6 Å². The quantitative estimate of drug-likeness (QED) is 0.109. The molecule has 0 aliphatic rings. The molecule has 0 fully saturated rings. The molecule has 1 heterocycles. The molecule has 1 aromatic heterocycles. The molecule has 0 unspecified atom stereocenters. The van der Waals surface area contributed by atoms with Gasteiger partial charge in [-0.05, 0) is 72.7 Å². The van der Waals surface area contributed by atoms with Gasteiger partial charge in [0.1, 0.15) is 5.75 Å². The summed E-state index contributed by atoms with van der Waals surface area (Å²) in [5.74, 6) is -1.44. The molecule has 0 aliphatic carbocycles. The van der Waals surface area contributed by atoms with E-state index in [1.54, 1.807) is 13.0 Å². The Kier molecular flexibility index (Phi) is 10.6. The number of fused-ring (bicyclic) bond motifs is 1. The fourth-order valence-corrected chi connectivity index (χ4v) is 4.89. The van der Waals surface area contributed by atoms with Crippen molar-refractivity contribution in [3.05, 3.63) is 93.9 Å². The predicted octanol–water partition coefficient (Wildman–Crippen LogP) is 7.64. The van der Waals surface area contributed by atoms with Crippen LogP contribution in [0, 0.1) is 12.7 Å². The molecule has 0 atom stereocenters. The van der Waals surface area contributed by atoms with Crippen LogP contribution in [0.15, 0.2) is 60.8 Å². The minimum absolute atomic E-state index is 0.0478. The number of aliphatic carboxylic acids is 2. The number of nitrogens with zero attached hydrogens (tertiary/aromatic N) is 1. The fraction of sp³-hybridized carbons (Fsp3) is 0.273. The monoisotopic (exact) mass is 593 g/mol. The summed E-state index contributed by atoms with van der Waals surface area (Å²) in [5, 5.41) is 19.6. The first kappa shape index (κ1) is 30.7. The summed E-state index contributed by atoms with van der Waals surface area (Å²) in [4.78, 5) is 22.5. The lowest BCUT2D eigenvalue weighted by Crippen LogP contribution is -2.04. The van der Waals surface area contributed by atoms with Gasteiger partial charge in [0.15, 0.2) is 11.6 Å². The number of carbonyl (C=O) groups is 2. The molecule has 2 N–H and O–H groups in total. The first-order valence-corrected chi connectivity index (χ1v) is 14.1. The second-order valence-corrected chi connectivity index (χ2v) is 10.3. The van der Waals surface area contributed by atoms with Crippen molar-refractivity contribution in [2.24, 2.45) is 0 Å². The third kappa shape index (κ3) is 8.13. The highest BCUT2D eigenvalue weighted by Crippen LogP contribution is 2.31. The smallest absolute Gasteiger partial charge is 0.307 e. The minimum Gasteiger partial charge on any atom is -0.494 e. The minimum atomic E-state index is -0.925. The first-order chi connectivity index (χ1) is 20.2. The van der Waals surface area contributed by atoms with Crippen LogP contribution in [-0.4, -0.2) is 39.9 Å². The van der Waals surface area contributed by atoms with Crippen LogP contribution in [-0.2, 0) is 22.6 Å². The largest absolute Gasteiger partial charge is 0.494 e. The van der Waals surface area contributed by atoms with Crippen molar-refractivity contribution in [3.8, 4) is 11.5 Å². The van der Waals surface area contributed by atoms with Crippen LogP contribution in [0.2, 0.25) is 5.02 Å². The number of benzene rings is 3. The zero-order valence-corrected chi connectivity index (χ0v) is 24.1. The van der Waals surface area contributed by atoms with E-state index in [1.165, 1.54) is 6.07 Å². The molecular weight excluding hydrogens is 561 g/mol. The van der Waals surface area contributed by atoms with Crippen molar-refractivity contribution in [3.63, 3.8) is 0 Å². The predicted molar refractivity (Wildman–Crippen MR) is 162 cm³/mol. The Hall–Kier alpha value is -4.30. The maximum atomic E-state index is 13.9. The summed E-state index contributed by atoms with van der Waals surface area (Å²) in [6.45, 7) is 3.11. The molecule has 0 aliphatic heterocycles. The zero-order valence-electron chi connectivity index (χ0n) is 23.3. The van der Waals surface area contributed by atoms with Gasteiger partial charge in [-0.1, -0.05) is 54.1 Å². The maximum absolute atomic E-state index is 13.9. The molecule has 9 heteroatoms. The van der Waals surface area contributed by atoms with E-state index in [1.807, 2.05) is 65.4 Å². The van der Waals surface area contributed by atoms with Crippen molar-refractivity contribution in [1.82, 2.24) is 4.57 Å². The average molecular weight is 594 g/mol. The van der Waals surface area contributed by atoms with Gasteiger partial charge < -0.3 is 24.3 Å². The van der Waals surface area contributed by atoms with Gasteiger partial charge in [-0.3, -0.25) is 9.59 Å². The van der Waals surface area contributed by atoms with E-state index in [0.29, 0.717) is 43.2 Å². The number of aromatic nitrogens is 1. The van der Waals surface area contributed by atoms with E-state index in [4.69, 9.17) is 26.2 Å². The number of carboxylic acid groups (broad SMARTS) is 2. The Morgan fingerprint density at radius 1 is 0.929 bits per heavy atom. The fourth-order valence-electron chi connectivity index (χ4n) is 4.68. The lowest BCUT2D eigenvalue weighted by atomic mass is 10.0. The molecule has 0 saturated heterocycles. The van der Waals surface area contributed by atoms with Crippen molar-refractivity contribution in [1.29, 1.82) is 0 Å². The molecule has 0 spiro atoms. The Morgan fingerprint density at radius 3 is 2.38 bits per heavy atom. The third-order valence-corrected chi connectivity index (χ3v) is 7.25. The van der Waals surface area contributed by atoms with Gasteiger partial charge in [-0.15, -0.1) is 0 Å². The van der Waals surface area contributed by atoms with Crippen molar-refractivity contribution in [2.75, 3.05) is 13.2 Å². The highest BCUT2D eigenvalue weighted by molar-refractivity contribution is 6.32. The lowest BCUT2D eigenvalue weighted by molar-refractivity contribution is -0.137. The van der Waals surface area contributed by atoms with Gasteiger partial charge in [0.2, 0.25) is 0 Å². The molecule has 0 amide bonds. The number of hydrogen-bond acceptors (Lipinski definition) is 4. The van der Waals surface area contributed by atoms with E-state index in [0.717, 1.165) is 39.8 Å². The van der Waals surface area contributed by atoms with E-state index in [2.05, 4.69) is 0 Å². The Balaban J connectivity index is 1.34. The summed E-state index contributed by atoms with van der Waals surface area (Å²) in [6.07, 6.45) is 7.51. The number of aryl methyl sites for hydroxylation is 2. The number of carboxylic acids is 2. The Bertz CT molecular complexity index is 1580. The highest BCUT2D eigenvalue weighted by atomic mass is 35.5. The first-order valence-electron chi connectivity index (χ1n) is 13.8. The van der Waals surface area contributed by atoms with Crippen LogP contribution in [0.3, 0.4) is 0 Å². The molecule has 7 nitrogen and oxygen atoms in total. The second kappa shape index (κ2) is 14.5. The van der Waals surface area contributed by atoms with Gasteiger partial charge in [0.25, 0.3) is 0 Å². The van der Waals surface area contributed by atoms with Crippen LogP contribution < -0.4 is 9.47 Å². The van der Waals surface area contributed by atoms with E-state index in [-0.39, 0.29) is 18.6 Å². The van der Waals surface area contributed by atoms with Gasteiger partial charge >= 0.3 is 11.9 Å². The summed E-state index contributed by atoms with van der Waals surface area (Å²) < 4.78 is 27.2. The highest BCUT2D eigenvalue weighted by Gasteiger charge is 2.14. The standard InChI is InChI=1S/C33H33ClFNO6/c1-22-9-16-27(35)33(32(22)34)42-19-3-2-18-41-26-14-11-23(12-15-26)10-13-24-6-4-7-28-31(24)25(20-30(39)40)21-36(28)17-5-8-29(37)38/h4,6-7,9-16,21H,2-3,5,8,17-20H2,1H3,(H,37,38)(H,39,40)/b13-10+. The summed E-state index contributed by atoms with van der Waals surface area (Å²) >= 11 is 6.13. The van der Waals surface area contributed by atoms with E-state index in [9.17, 15) is 19.1 Å². The molecular formula is C33H33ClFNO6. The number of ether oxygens (including phenoxy) is 2. The Labute approximate surface area is 248 Å². The zero-order chi connectivity index (χ0) is 30.1. The molecule has 220 valence electrons. The molecule has 0 saturated carbocycles. The molecule has 42 heavy (non-hydrogen) atoms. The van der Waals surface area contributed by atoms with Gasteiger partial charge in [-0.2, -0.15) is 0 Å². The SMILES string of the molecule is Cc1ccc(F)c(OCCCCOc2ccc(/C=C/c3cccc4c3c(CC(=O)O)cn4CCCC(=O)O)cc2)c1Cl. The van der Waals surface area contributed by atoms with Crippen LogP contribution in [0.25, 0.3) is 23.1 Å². The topological polar surface area (TPSA) is 98.0 Å². The van der Waals surface area contributed by atoms with E-state index >= 15 is 0 Å². The van der Waals surface area contributed by atoms with Crippen LogP contribution in [0.1, 0.15) is 47.9 Å². The van der Waals surface area contributed by atoms with Crippen LogP contribution in [0.5, 0.6) is 11.5 Å². The third-order valence-electron chi connectivity index (χ3n) is 6.78. The van der Waals surface area contributed by atoms with Gasteiger partial charge in [0.05, 0.1) is 24.7 Å². The van der Waals surface area contributed by atoms with Crippen LogP contribution in [0.4, 0.5) is 4.39 Å². The number of halogens is 2. The Morgan fingerprint density at radius 2 is 1.67 bits per heavy atom. The molecule has 0 bridgehead atoms. The van der Waals surface area contributed by atoms with Crippen molar-refractivity contribution >= 4 is 46.6 Å². The molecule has 3 aromatic carbocycles. The summed E-state index contributed by atoms with van der Waals surface area (Å²) in [7, 11) is 0. The van der Waals surface area contributed by atoms with Gasteiger partial charge in [-0.25, -0.2) is 4.39 Å². The van der Waals surface area contributed by atoms with Crippen LogP contribution >= 0.6 is 11.6 Å².